The lowest BCUT2D eigenvalue weighted by Crippen LogP contribution is -2.19. The highest BCUT2D eigenvalue weighted by molar-refractivity contribution is 7.10. The maximum atomic E-state index is 13.0. The van der Waals surface area contributed by atoms with Gasteiger partial charge in [-0.3, -0.25) is 5.41 Å². The summed E-state index contributed by atoms with van der Waals surface area (Å²) in [6.07, 6.45) is -1.18. The Labute approximate surface area is 82.9 Å². The van der Waals surface area contributed by atoms with Crippen LogP contribution in [0, 0.1) is 10.5 Å². The number of nitrogen functional groups attached to an aromatic ring is 1. The van der Waals surface area contributed by atoms with Crippen molar-refractivity contribution < 1.29 is 14.3 Å². The van der Waals surface area contributed by atoms with E-state index in [1.807, 2.05) is 0 Å². The molecule has 0 saturated carbocycles. The molecule has 1 heterocycles. The first-order chi connectivity index (χ1) is 6.50. The summed E-state index contributed by atoms with van der Waals surface area (Å²) in [6.45, 7) is 0.0181. The fourth-order valence-electron chi connectivity index (χ4n) is 0.851. The third-order valence-corrected chi connectivity index (χ3v) is 2.37. The van der Waals surface area contributed by atoms with Crippen LogP contribution in [0.4, 0.5) is 9.18 Å². The van der Waals surface area contributed by atoms with E-state index < -0.39 is 11.2 Å². The van der Waals surface area contributed by atoms with E-state index >= 15 is 0 Å². The van der Waals surface area contributed by atoms with E-state index in [1.54, 1.807) is 0 Å². The zero-order chi connectivity index (χ0) is 10.7. The highest BCUT2D eigenvalue weighted by Gasteiger charge is 2.11. The molecule has 7 heteroatoms. The normalized spacial score (nSPS) is 9.79. The maximum Gasteiger partial charge on any atom is 0.404 e. The molecule has 1 amide bonds. The number of carboxylic acid groups (broad SMARTS) is 1. The fraction of sp³-hybridized carbons (Fsp3) is 0.143. The van der Waals surface area contributed by atoms with E-state index in [0.29, 0.717) is 4.88 Å². The molecule has 0 aliphatic carbocycles. The Bertz CT molecular complexity index is 377. The third kappa shape index (κ3) is 2.43. The van der Waals surface area contributed by atoms with Gasteiger partial charge in [0.1, 0.15) is 5.84 Å². The van der Waals surface area contributed by atoms with Crippen molar-refractivity contribution in [3.63, 3.8) is 0 Å². The molecule has 14 heavy (non-hydrogen) atoms. The van der Waals surface area contributed by atoms with Crippen LogP contribution in [0.5, 0.6) is 0 Å². The average molecular weight is 217 g/mol. The van der Waals surface area contributed by atoms with Crippen LogP contribution in [0.3, 0.4) is 0 Å². The lowest BCUT2D eigenvalue weighted by molar-refractivity contribution is 0.194. The Hall–Kier alpha value is -1.63. The summed E-state index contributed by atoms with van der Waals surface area (Å²) >= 11 is 0.771. The third-order valence-electron chi connectivity index (χ3n) is 1.44. The molecule has 1 aromatic rings. The molecule has 5 N–H and O–H groups in total. The Balaban J connectivity index is 2.76. The second-order valence-electron chi connectivity index (χ2n) is 2.47. The van der Waals surface area contributed by atoms with E-state index in [0.717, 1.165) is 11.3 Å². The zero-order valence-corrected chi connectivity index (χ0v) is 7.82. The molecule has 1 rings (SSSR count). The van der Waals surface area contributed by atoms with Crippen LogP contribution in [-0.4, -0.2) is 17.0 Å². The number of nitrogens with one attached hydrogen (secondary N) is 2. The Morgan fingerprint density at radius 3 is 2.86 bits per heavy atom. The van der Waals surface area contributed by atoms with Crippen molar-refractivity contribution in [3.05, 3.63) is 21.6 Å². The van der Waals surface area contributed by atoms with E-state index in [2.05, 4.69) is 5.32 Å². The number of thiophene rings is 1. The molecule has 1 aromatic heterocycles. The van der Waals surface area contributed by atoms with Crippen molar-refractivity contribution in [2.24, 2.45) is 5.73 Å². The molecular formula is C7H8FN3O2S. The number of rotatable bonds is 3. The fourth-order valence-corrected chi connectivity index (χ4v) is 1.68. The second kappa shape index (κ2) is 4.05. The van der Waals surface area contributed by atoms with E-state index in [1.165, 1.54) is 6.07 Å². The van der Waals surface area contributed by atoms with Crippen molar-refractivity contribution in [2.45, 2.75) is 6.54 Å². The summed E-state index contributed by atoms with van der Waals surface area (Å²) in [5.41, 5.74) is 5.11. The molecule has 0 bridgehead atoms. The Morgan fingerprint density at radius 2 is 2.43 bits per heavy atom. The highest BCUT2D eigenvalue weighted by atomic mass is 32.1. The summed E-state index contributed by atoms with van der Waals surface area (Å²) in [6, 6.07) is 1.36. The highest BCUT2D eigenvalue weighted by Crippen LogP contribution is 2.19. The Kier molecular flexibility index (Phi) is 3.03. The van der Waals surface area contributed by atoms with Crippen LogP contribution in [0.1, 0.15) is 10.4 Å². The molecule has 5 nitrogen and oxygen atoms in total. The largest absolute Gasteiger partial charge is 0.465 e. The number of carbonyl (C=O) groups is 1. The van der Waals surface area contributed by atoms with Crippen molar-refractivity contribution in [1.29, 1.82) is 5.41 Å². The van der Waals surface area contributed by atoms with Gasteiger partial charge in [-0.1, -0.05) is 0 Å². The first kappa shape index (κ1) is 10.5. The van der Waals surface area contributed by atoms with Crippen LogP contribution in [0.15, 0.2) is 6.07 Å². The number of amidine groups is 1. The van der Waals surface area contributed by atoms with Gasteiger partial charge in [0, 0.05) is 4.88 Å². The number of hydrogen-bond acceptors (Lipinski definition) is 3. The van der Waals surface area contributed by atoms with Crippen molar-refractivity contribution >= 4 is 23.3 Å². The van der Waals surface area contributed by atoms with Gasteiger partial charge < -0.3 is 16.2 Å². The van der Waals surface area contributed by atoms with Crippen LogP contribution in [0.2, 0.25) is 0 Å². The van der Waals surface area contributed by atoms with Crippen LogP contribution >= 0.6 is 11.3 Å². The summed E-state index contributed by atoms with van der Waals surface area (Å²) < 4.78 is 13.0. The SMILES string of the molecule is N=C(N)c1cc(CNC(=O)O)sc1F. The van der Waals surface area contributed by atoms with E-state index in [-0.39, 0.29) is 17.9 Å². The summed E-state index contributed by atoms with van der Waals surface area (Å²) in [5, 5.41) is 16.8. The first-order valence-corrected chi connectivity index (χ1v) is 4.41. The quantitative estimate of drug-likeness (QED) is 0.448. The van der Waals surface area contributed by atoms with Gasteiger partial charge in [0.25, 0.3) is 0 Å². The van der Waals surface area contributed by atoms with Crippen molar-refractivity contribution in [3.8, 4) is 0 Å². The van der Waals surface area contributed by atoms with Crippen LogP contribution in [-0.2, 0) is 6.54 Å². The van der Waals surface area contributed by atoms with Gasteiger partial charge in [-0.2, -0.15) is 4.39 Å². The molecular weight excluding hydrogens is 209 g/mol. The lowest BCUT2D eigenvalue weighted by Gasteiger charge is -1.95. The van der Waals surface area contributed by atoms with Crippen LogP contribution < -0.4 is 11.1 Å². The average Bonchev–Trinajstić information content (AvgIpc) is 2.43. The number of hydrogen-bond donors (Lipinski definition) is 4. The first-order valence-electron chi connectivity index (χ1n) is 3.60. The molecule has 0 atom stereocenters. The number of halogens is 1. The number of amides is 1. The molecule has 0 saturated heterocycles. The molecule has 0 unspecified atom stereocenters. The summed E-state index contributed by atoms with van der Waals surface area (Å²) in [7, 11) is 0. The topological polar surface area (TPSA) is 99.2 Å². The molecule has 0 aliphatic rings. The summed E-state index contributed by atoms with van der Waals surface area (Å²) in [5.74, 6) is -0.361. The van der Waals surface area contributed by atoms with Gasteiger partial charge in [0.2, 0.25) is 0 Å². The number of nitrogens with two attached hydrogens (primary N) is 1. The minimum absolute atomic E-state index is 0.0113. The maximum absolute atomic E-state index is 13.0. The zero-order valence-electron chi connectivity index (χ0n) is 7.00. The van der Waals surface area contributed by atoms with Gasteiger partial charge in [0.15, 0.2) is 5.13 Å². The monoisotopic (exact) mass is 217 g/mol. The van der Waals surface area contributed by atoms with Gasteiger partial charge >= 0.3 is 6.09 Å². The Morgan fingerprint density at radius 1 is 1.79 bits per heavy atom. The van der Waals surface area contributed by atoms with Gasteiger partial charge in [-0.15, -0.1) is 11.3 Å². The predicted molar refractivity (Wildman–Crippen MR) is 50.2 cm³/mol. The van der Waals surface area contributed by atoms with E-state index in [4.69, 9.17) is 16.2 Å². The van der Waals surface area contributed by atoms with Crippen molar-refractivity contribution in [1.82, 2.24) is 5.32 Å². The summed E-state index contributed by atoms with van der Waals surface area (Å²) in [4.78, 5) is 10.6. The van der Waals surface area contributed by atoms with Gasteiger partial charge in [-0.05, 0) is 6.07 Å². The molecule has 0 radical (unpaired) electrons. The second-order valence-corrected chi connectivity index (χ2v) is 3.56. The van der Waals surface area contributed by atoms with Gasteiger partial charge in [0.05, 0.1) is 12.1 Å². The molecule has 0 spiro atoms. The molecule has 76 valence electrons. The standard InChI is InChI=1S/C7H8FN3O2S/c8-5-4(6(9)10)1-3(14-5)2-11-7(12)13/h1,11H,2H2,(H3,9,10)(H,12,13). The molecule has 0 aliphatic heterocycles. The predicted octanol–water partition coefficient (Wildman–Crippen LogP) is 0.939. The molecule has 0 aromatic carbocycles. The lowest BCUT2D eigenvalue weighted by atomic mass is 10.3. The van der Waals surface area contributed by atoms with Crippen LogP contribution in [0.25, 0.3) is 0 Å². The minimum Gasteiger partial charge on any atom is -0.465 e. The minimum atomic E-state index is -1.18. The molecule has 0 fully saturated rings. The van der Waals surface area contributed by atoms with Crippen molar-refractivity contribution in [2.75, 3.05) is 0 Å². The van der Waals surface area contributed by atoms with Gasteiger partial charge in [-0.25, -0.2) is 4.79 Å². The smallest absolute Gasteiger partial charge is 0.404 e. The van der Waals surface area contributed by atoms with E-state index in [9.17, 15) is 9.18 Å².